The van der Waals surface area contributed by atoms with E-state index in [0.717, 1.165) is 21.3 Å². The third kappa shape index (κ3) is 3.66. The van der Waals surface area contributed by atoms with Crippen LogP contribution in [0.1, 0.15) is 12.1 Å². The van der Waals surface area contributed by atoms with Crippen LogP contribution < -0.4 is 11.1 Å². The van der Waals surface area contributed by atoms with Gasteiger partial charge in [0, 0.05) is 24.7 Å². The predicted octanol–water partition coefficient (Wildman–Crippen LogP) is 1.97. The van der Waals surface area contributed by atoms with Crippen molar-refractivity contribution in [2.24, 2.45) is 0 Å². The maximum absolute atomic E-state index is 9.61. The molecule has 0 spiro atoms. The lowest BCUT2D eigenvalue weighted by Crippen LogP contribution is -2.18. The maximum atomic E-state index is 9.61. The second kappa shape index (κ2) is 6.98. The lowest BCUT2D eigenvalue weighted by molar-refractivity contribution is 0.0615. The van der Waals surface area contributed by atoms with Crippen LogP contribution in [0.2, 0.25) is 0 Å². The van der Waals surface area contributed by atoms with Crippen LogP contribution in [0.3, 0.4) is 0 Å². The SMILES string of the molecule is COCC(O)CCNc1snc(N)c1-c1nc(C)cs1. The highest BCUT2D eigenvalue weighted by Gasteiger charge is 2.16. The van der Waals surface area contributed by atoms with Crippen molar-refractivity contribution in [1.29, 1.82) is 0 Å². The fraction of sp³-hybridized carbons (Fsp3) is 0.500. The quantitative estimate of drug-likeness (QED) is 0.723. The Balaban J connectivity index is 2.02. The Labute approximate surface area is 125 Å². The number of anilines is 2. The highest BCUT2D eigenvalue weighted by atomic mass is 32.1. The number of nitrogen functional groups attached to an aromatic ring is 1. The predicted molar refractivity (Wildman–Crippen MR) is 83.4 cm³/mol. The second-order valence-electron chi connectivity index (χ2n) is 4.39. The van der Waals surface area contributed by atoms with E-state index in [9.17, 15) is 5.11 Å². The molecule has 2 rings (SSSR count). The van der Waals surface area contributed by atoms with Gasteiger partial charge in [0.05, 0.1) is 18.3 Å². The number of aryl methyl sites for hydroxylation is 1. The third-order valence-corrected chi connectivity index (χ3v) is 4.47. The standard InChI is InChI=1S/C12H18N4O2S2/c1-7-6-19-12(15-7)9-10(13)16-20-11(9)14-4-3-8(17)5-18-2/h6,8,14,17H,3-5H2,1-2H3,(H2,13,16). The molecule has 0 radical (unpaired) electrons. The van der Waals surface area contributed by atoms with Gasteiger partial charge in [0.2, 0.25) is 0 Å². The van der Waals surface area contributed by atoms with E-state index in [-0.39, 0.29) is 0 Å². The summed E-state index contributed by atoms with van der Waals surface area (Å²) in [4.78, 5) is 4.44. The Morgan fingerprint density at radius 2 is 2.35 bits per heavy atom. The minimum absolute atomic E-state index is 0.338. The van der Waals surface area contributed by atoms with Crippen molar-refractivity contribution in [2.75, 3.05) is 31.3 Å². The van der Waals surface area contributed by atoms with Gasteiger partial charge in [-0.05, 0) is 24.9 Å². The van der Waals surface area contributed by atoms with Crippen molar-refractivity contribution in [1.82, 2.24) is 9.36 Å². The molecule has 1 unspecified atom stereocenters. The Kier molecular flexibility index (Phi) is 5.30. The van der Waals surface area contributed by atoms with Gasteiger partial charge in [-0.3, -0.25) is 0 Å². The summed E-state index contributed by atoms with van der Waals surface area (Å²) in [6.45, 7) is 2.92. The molecular weight excluding hydrogens is 296 g/mol. The van der Waals surface area contributed by atoms with Gasteiger partial charge in [-0.25, -0.2) is 4.98 Å². The molecule has 0 bridgehead atoms. The van der Waals surface area contributed by atoms with Gasteiger partial charge >= 0.3 is 0 Å². The van der Waals surface area contributed by atoms with E-state index in [1.165, 1.54) is 11.5 Å². The number of hydrogen-bond acceptors (Lipinski definition) is 8. The number of nitrogens with two attached hydrogens (primary N) is 1. The van der Waals surface area contributed by atoms with Gasteiger partial charge in [-0.15, -0.1) is 11.3 Å². The molecule has 0 aliphatic carbocycles. The van der Waals surface area contributed by atoms with E-state index in [1.807, 2.05) is 12.3 Å². The van der Waals surface area contributed by atoms with E-state index in [4.69, 9.17) is 10.5 Å². The average Bonchev–Trinajstić information content (AvgIpc) is 2.96. The first-order valence-electron chi connectivity index (χ1n) is 6.20. The molecule has 4 N–H and O–H groups in total. The fourth-order valence-corrected chi connectivity index (χ4v) is 3.39. The number of rotatable bonds is 7. The van der Waals surface area contributed by atoms with Crippen molar-refractivity contribution in [2.45, 2.75) is 19.4 Å². The first-order chi connectivity index (χ1) is 9.61. The third-order valence-electron chi connectivity index (χ3n) is 2.67. The average molecular weight is 314 g/mol. The first kappa shape index (κ1) is 15.2. The Morgan fingerprint density at radius 1 is 1.55 bits per heavy atom. The van der Waals surface area contributed by atoms with Gasteiger partial charge in [0.25, 0.3) is 0 Å². The van der Waals surface area contributed by atoms with Crippen molar-refractivity contribution in [3.05, 3.63) is 11.1 Å². The van der Waals surface area contributed by atoms with Crippen LogP contribution >= 0.6 is 22.9 Å². The zero-order valence-electron chi connectivity index (χ0n) is 11.4. The summed E-state index contributed by atoms with van der Waals surface area (Å²) in [5, 5.41) is 16.6. The molecule has 8 heteroatoms. The molecular formula is C12H18N4O2S2. The van der Waals surface area contributed by atoms with Crippen molar-refractivity contribution >= 4 is 33.7 Å². The number of aromatic nitrogens is 2. The maximum Gasteiger partial charge on any atom is 0.149 e. The number of thiazole rings is 1. The largest absolute Gasteiger partial charge is 0.391 e. The minimum atomic E-state index is -0.469. The topological polar surface area (TPSA) is 93.3 Å². The summed E-state index contributed by atoms with van der Waals surface area (Å²) >= 11 is 2.86. The summed E-state index contributed by atoms with van der Waals surface area (Å²) in [7, 11) is 1.57. The Bertz CT molecular complexity index is 555. The van der Waals surface area contributed by atoms with Crippen LogP contribution in [0, 0.1) is 6.92 Å². The molecule has 0 saturated heterocycles. The van der Waals surface area contributed by atoms with Gasteiger partial charge in [0.1, 0.15) is 15.8 Å². The van der Waals surface area contributed by atoms with Crippen LogP contribution in [0.4, 0.5) is 10.8 Å². The second-order valence-corrected chi connectivity index (χ2v) is 6.02. The van der Waals surface area contributed by atoms with Gasteiger partial charge in [-0.2, -0.15) is 4.37 Å². The normalized spacial score (nSPS) is 12.6. The van der Waals surface area contributed by atoms with Crippen LogP contribution in [0.5, 0.6) is 0 Å². The summed E-state index contributed by atoms with van der Waals surface area (Å²) in [6.07, 6.45) is 0.130. The molecule has 0 fully saturated rings. The molecule has 0 amide bonds. The number of methoxy groups -OCH3 is 1. The van der Waals surface area contributed by atoms with E-state index < -0.39 is 6.10 Å². The van der Waals surface area contributed by atoms with E-state index in [1.54, 1.807) is 18.4 Å². The number of aliphatic hydroxyl groups is 1. The van der Waals surface area contributed by atoms with Gasteiger partial charge < -0.3 is 20.9 Å². The van der Waals surface area contributed by atoms with E-state index in [2.05, 4.69) is 14.7 Å². The molecule has 0 saturated carbocycles. The highest BCUT2D eigenvalue weighted by molar-refractivity contribution is 7.15. The summed E-state index contributed by atoms with van der Waals surface area (Å²) in [5.74, 6) is 0.490. The monoisotopic (exact) mass is 314 g/mol. The Morgan fingerprint density at radius 3 is 3.00 bits per heavy atom. The van der Waals surface area contributed by atoms with Crippen molar-refractivity contribution in [3.63, 3.8) is 0 Å². The molecule has 2 heterocycles. The fourth-order valence-electron chi connectivity index (χ4n) is 1.73. The molecule has 0 aromatic carbocycles. The molecule has 6 nitrogen and oxygen atoms in total. The first-order valence-corrected chi connectivity index (χ1v) is 7.85. The Hall–Kier alpha value is -1.22. The smallest absolute Gasteiger partial charge is 0.149 e. The van der Waals surface area contributed by atoms with Crippen LogP contribution in [-0.4, -0.2) is 40.8 Å². The van der Waals surface area contributed by atoms with Gasteiger partial charge in [0.15, 0.2) is 0 Å². The molecule has 2 aromatic heterocycles. The number of nitrogens with zero attached hydrogens (tertiary/aromatic N) is 2. The number of nitrogens with one attached hydrogen (secondary N) is 1. The zero-order chi connectivity index (χ0) is 14.5. The molecule has 0 aliphatic rings. The van der Waals surface area contributed by atoms with Crippen LogP contribution in [-0.2, 0) is 4.74 Å². The lowest BCUT2D eigenvalue weighted by atomic mass is 10.2. The van der Waals surface area contributed by atoms with Crippen LogP contribution in [0.15, 0.2) is 5.38 Å². The minimum Gasteiger partial charge on any atom is -0.391 e. The van der Waals surface area contributed by atoms with E-state index >= 15 is 0 Å². The van der Waals surface area contributed by atoms with Crippen LogP contribution in [0.25, 0.3) is 10.6 Å². The van der Waals surface area contributed by atoms with Crippen molar-refractivity contribution < 1.29 is 9.84 Å². The summed E-state index contributed by atoms with van der Waals surface area (Å²) < 4.78 is 9.06. The highest BCUT2D eigenvalue weighted by Crippen LogP contribution is 2.38. The summed E-state index contributed by atoms with van der Waals surface area (Å²) in [6, 6.07) is 0. The zero-order valence-corrected chi connectivity index (χ0v) is 13.1. The molecule has 1 atom stereocenters. The molecule has 2 aromatic rings. The van der Waals surface area contributed by atoms with Gasteiger partial charge in [-0.1, -0.05) is 0 Å². The molecule has 0 aliphatic heterocycles. The number of aliphatic hydroxyl groups excluding tert-OH is 1. The molecule has 20 heavy (non-hydrogen) atoms. The summed E-state index contributed by atoms with van der Waals surface area (Å²) in [5.41, 5.74) is 7.74. The van der Waals surface area contributed by atoms with E-state index in [0.29, 0.717) is 25.4 Å². The molecule has 110 valence electrons. The lowest BCUT2D eigenvalue weighted by Gasteiger charge is -2.10. The number of hydrogen-bond donors (Lipinski definition) is 3. The number of ether oxygens (including phenoxy) is 1. The van der Waals surface area contributed by atoms with Crippen molar-refractivity contribution in [3.8, 4) is 10.6 Å².